The number of hydrogen-bond acceptors (Lipinski definition) is 3. The zero-order valence-electron chi connectivity index (χ0n) is 12.8. The van der Waals surface area contributed by atoms with Gasteiger partial charge in [0.15, 0.2) is 0 Å². The molecule has 1 aromatic rings. The molecule has 112 valence electrons. The molecular formula is C16H26N2OS. The highest BCUT2D eigenvalue weighted by Crippen LogP contribution is 2.23. The van der Waals surface area contributed by atoms with Crippen molar-refractivity contribution in [2.24, 2.45) is 11.8 Å². The van der Waals surface area contributed by atoms with Crippen molar-refractivity contribution in [1.82, 2.24) is 10.2 Å². The summed E-state index contributed by atoms with van der Waals surface area (Å²) in [6.07, 6.45) is 2.25. The first-order chi connectivity index (χ1) is 9.58. The molecule has 1 fully saturated rings. The second-order valence-electron chi connectivity index (χ2n) is 6.10. The number of likely N-dealkylation sites (tertiary alicyclic amines) is 1. The number of piperidine rings is 1. The minimum Gasteiger partial charge on any atom is -0.352 e. The fraction of sp³-hybridized carbons (Fsp3) is 0.688. The fourth-order valence-electron chi connectivity index (χ4n) is 2.89. The van der Waals surface area contributed by atoms with Gasteiger partial charge in [-0.25, -0.2) is 0 Å². The minimum atomic E-state index is 0.0720. The molecule has 2 heterocycles. The second-order valence-corrected chi connectivity index (χ2v) is 7.13. The van der Waals surface area contributed by atoms with Gasteiger partial charge in [-0.3, -0.25) is 4.79 Å². The Hall–Kier alpha value is -0.870. The van der Waals surface area contributed by atoms with Crippen LogP contribution in [0.3, 0.4) is 0 Å². The van der Waals surface area contributed by atoms with Crippen LogP contribution in [0.1, 0.15) is 32.1 Å². The van der Waals surface area contributed by atoms with Crippen LogP contribution in [0, 0.1) is 11.8 Å². The summed E-state index contributed by atoms with van der Waals surface area (Å²) in [7, 11) is 0. The first-order valence-electron chi connectivity index (χ1n) is 7.63. The number of nitrogens with one attached hydrogen (secondary N) is 1. The molecule has 0 spiro atoms. The highest BCUT2D eigenvalue weighted by atomic mass is 32.1. The van der Waals surface area contributed by atoms with Crippen LogP contribution in [0.15, 0.2) is 17.5 Å². The number of nitrogens with zero attached hydrogens (tertiary/aromatic N) is 1. The van der Waals surface area contributed by atoms with Crippen LogP contribution in [0.4, 0.5) is 0 Å². The highest BCUT2D eigenvalue weighted by Gasteiger charge is 2.28. The third-order valence-corrected chi connectivity index (χ3v) is 4.90. The summed E-state index contributed by atoms with van der Waals surface area (Å²) in [4.78, 5) is 15.8. The summed E-state index contributed by atoms with van der Waals surface area (Å²) in [5.41, 5.74) is 0. The zero-order valence-corrected chi connectivity index (χ0v) is 13.6. The molecular weight excluding hydrogens is 268 g/mol. The van der Waals surface area contributed by atoms with Gasteiger partial charge in [0.1, 0.15) is 0 Å². The molecule has 0 saturated carbocycles. The van der Waals surface area contributed by atoms with E-state index >= 15 is 0 Å². The van der Waals surface area contributed by atoms with E-state index in [1.165, 1.54) is 4.88 Å². The molecule has 0 radical (unpaired) electrons. The molecule has 1 aliphatic heterocycles. The van der Waals surface area contributed by atoms with E-state index in [-0.39, 0.29) is 11.8 Å². The van der Waals surface area contributed by atoms with Crippen LogP contribution in [0.5, 0.6) is 0 Å². The molecule has 0 aliphatic carbocycles. The van der Waals surface area contributed by atoms with Crippen molar-refractivity contribution < 1.29 is 4.79 Å². The van der Waals surface area contributed by atoms with E-state index in [9.17, 15) is 4.79 Å². The van der Waals surface area contributed by atoms with Gasteiger partial charge in [-0.15, -0.1) is 11.3 Å². The zero-order chi connectivity index (χ0) is 14.5. The number of likely N-dealkylation sites (N-methyl/N-ethyl adjacent to an activating group) is 1. The summed E-state index contributed by atoms with van der Waals surface area (Å²) in [6.45, 7) is 9.33. The quantitative estimate of drug-likeness (QED) is 0.905. The molecule has 1 aliphatic rings. The van der Waals surface area contributed by atoms with Gasteiger partial charge in [0.2, 0.25) is 5.91 Å². The Morgan fingerprint density at radius 1 is 1.50 bits per heavy atom. The molecule has 1 aromatic heterocycles. The lowest BCUT2D eigenvalue weighted by molar-refractivity contribution is -0.125. The van der Waals surface area contributed by atoms with E-state index in [1.54, 1.807) is 0 Å². The number of hydrogen-bond donors (Lipinski definition) is 1. The van der Waals surface area contributed by atoms with Crippen LogP contribution >= 0.6 is 11.3 Å². The summed E-state index contributed by atoms with van der Waals surface area (Å²) in [5, 5.41) is 5.36. The molecule has 1 amide bonds. The van der Waals surface area contributed by atoms with Crippen molar-refractivity contribution in [1.29, 1.82) is 0 Å². The first-order valence-corrected chi connectivity index (χ1v) is 8.51. The number of amides is 1. The predicted octanol–water partition coefficient (Wildman–Crippen LogP) is 2.77. The Bertz CT molecular complexity index is 416. The Labute approximate surface area is 126 Å². The van der Waals surface area contributed by atoms with E-state index in [1.807, 2.05) is 25.2 Å². The van der Waals surface area contributed by atoms with Gasteiger partial charge in [0.05, 0.1) is 0 Å². The van der Waals surface area contributed by atoms with Crippen molar-refractivity contribution in [3.05, 3.63) is 22.4 Å². The van der Waals surface area contributed by atoms with Crippen molar-refractivity contribution in [2.75, 3.05) is 19.6 Å². The van der Waals surface area contributed by atoms with Crippen LogP contribution in [0.2, 0.25) is 0 Å². The highest BCUT2D eigenvalue weighted by molar-refractivity contribution is 7.09. The van der Waals surface area contributed by atoms with Gasteiger partial charge in [-0.1, -0.05) is 26.8 Å². The average molecular weight is 294 g/mol. The maximum absolute atomic E-state index is 11.9. The summed E-state index contributed by atoms with van der Waals surface area (Å²) < 4.78 is 0. The van der Waals surface area contributed by atoms with Crippen molar-refractivity contribution in [3.63, 3.8) is 0 Å². The Balaban J connectivity index is 1.94. The van der Waals surface area contributed by atoms with E-state index in [0.717, 1.165) is 32.5 Å². The lowest BCUT2D eigenvalue weighted by Crippen LogP contribution is -2.51. The van der Waals surface area contributed by atoms with E-state index in [4.69, 9.17) is 0 Å². The summed E-state index contributed by atoms with van der Waals surface area (Å²) in [6, 6.07) is 4.65. The van der Waals surface area contributed by atoms with E-state index in [0.29, 0.717) is 12.0 Å². The Kier molecular flexibility index (Phi) is 5.61. The smallest absolute Gasteiger partial charge is 0.222 e. The fourth-order valence-corrected chi connectivity index (χ4v) is 3.72. The van der Waals surface area contributed by atoms with Gasteiger partial charge < -0.3 is 10.2 Å². The Morgan fingerprint density at radius 3 is 2.90 bits per heavy atom. The second kappa shape index (κ2) is 7.23. The van der Waals surface area contributed by atoms with Crippen LogP contribution in [-0.2, 0) is 11.2 Å². The average Bonchev–Trinajstić information content (AvgIpc) is 2.91. The molecule has 2 atom stereocenters. The van der Waals surface area contributed by atoms with Gasteiger partial charge in [0, 0.05) is 29.9 Å². The molecule has 20 heavy (non-hydrogen) atoms. The molecule has 1 saturated heterocycles. The van der Waals surface area contributed by atoms with Crippen LogP contribution in [0.25, 0.3) is 0 Å². The molecule has 2 rings (SSSR count). The van der Waals surface area contributed by atoms with E-state index in [2.05, 4.69) is 34.7 Å². The largest absolute Gasteiger partial charge is 0.352 e. The van der Waals surface area contributed by atoms with Gasteiger partial charge in [0.25, 0.3) is 0 Å². The Morgan fingerprint density at radius 2 is 2.30 bits per heavy atom. The van der Waals surface area contributed by atoms with Gasteiger partial charge in [-0.05, 0) is 36.8 Å². The third kappa shape index (κ3) is 4.32. The number of rotatable bonds is 5. The first kappa shape index (κ1) is 15.5. The molecule has 2 unspecified atom stereocenters. The van der Waals surface area contributed by atoms with Crippen molar-refractivity contribution in [3.8, 4) is 0 Å². The normalized spacial score (nSPS) is 24.0. The molecule has 4 heteroatoms. The van der Waals surface area contributed by atoms with Crippen LogP contribution < -0.4 is 5.32 Å². The predicted molar refractivity (Wildman–Crippen MR) is 85.0 cm³/mol. The minimum absolute atomic E-state index is 0.0720. The van der Waals surface area contributed by atoms with Gasteiger partial charge in [-0.2, -0.15) is 0 Å². The standard InChI is InChI=1S/C16H26N2OS/c1-4-18-10-13(9-15-6-5-7-20-15)8-14(11-18)17-16(19)12(2)3/h5-7,12-14H,4,8-11H2,1-3H3,(H,17,19). The maximum Gasteiger partial charge on any atom is 0.222 e. The van der Waals surface area contributed by atoms with Crippen molar-refractivity contribution in [2.45, 2.75) is 39.7 Å². The van der Waals surface area contributed by atoms with E-state index < -0.39 is 0 Å². The molecule has 3 nitrogen and oxygen atoms in total. The monoisotopic (exact) mass is 294 g/mol. The summed E-state index contributed by atoms with van der Waals surface area (Å²) in [5.74, 6) is 0.908. The van der Waals surface area contributed by atoms with Crippen LogP contribution in [-0.4, -0.2) is 36.5 Å². The number of carbonyl (C=O) groups is 1. The van der Waals surface area contributed by atoms with Gasteiger partial charge >= 0.3 is 0 Å². The topological polar surface area (TPSA) is 32.3 Å². The lowest BCUT2D eigenvalue weighted by Gasteiger charge is -2.37. The molecule has 0 bridgehead atoms. The lowest BCUT2D eigenvalue weighted by atomic mass is 9.90. The van der Waals surface area contributed by atoms with Crippen molar-refractivity contribution >= 4 is 17.2 Å². The maximum atomic E-state index is 11.9. The molecule has 1 N–H and O–H groups in total. The SMILES string of the molecule is CCN1CC(Cc2cccs2)CC(NC(=O)C(C)C)C1. The number of thiophene rings is 1. The molecule has 0 aromatic carbocycles. The third-order valence-electron chi connectivity index (χ3n) is 4.00. The number of carbonyl (C=O) groups excluding carboxylic acids is 1. The summed E-state index contributed by atoms with van der Waals surface area (Å²) >= 11 is 1.84.